The van der Waals surface area contributed by atoms with Gasteiger partial charge in [-0.25, -0.2) is 0 Å². The molecule has 0 spiro atoms. The lowest BCUT2D eigenvalue weighted by Crippen LogP contribution is -2.03. The normalized spacial score (nSPS) is 11.0. The summed E-state index contributed by atoms with van der Waals surface area (Å²) in [6.45, 7) is 4.36. The third kappa shape index (κ3) is 2.57. The monoisotopic (exact) mass is 294 g/mol. The molecule has 0 aliphatic rings. The van der Waals surface area contributed by atoms with Crippen LogP contribution in [-0.4, -0.2) is 9.55 Å². The number of nitrogens with one attached hydrogen (secondary N) is 1. The average molecular weight is 294 g/mol. The first kappa shape index (κ1) is 13.8. The summed E-state index contributed by atoms with van der Waals surface area (Å²) in [5.74, 6) is 0.404. The van der Waals surface area contributed by atoms with Gasteiger partial charge < -0.3 is 4.98 Å². The predicted molar refractivity (Wildman–Crippen MR) is 90.5 cm³/mol. The van der Waals surface area contributed by atoms with Gasteiger partial charge >= 0.3 is 0 Å². The van der Waals surface area contributed by atoms with Crippen LogP contribution in [0.25, 0.3) is 16.8 Å². The number of nitrogens with zero attached hydrogens (tertiary/aromatic N) is 1. The number of aromatic nitrogens is 2. The van der Waals surface area contributed by atoms with Crippen LogP contribution in [0.5, 0.6) is 0 Å². The highest BCUT2D eigenvalue weighted by Gasteiger charge is 2.13. The summed E-state index contributed by atoms with van der Waals surface area (Å²) in [5.41, 5.74) is 4.71. The molecule has 3 aromatic rings. The van der Waals surface area contributed by atoms with Crippen molar-refractivity contribution in [2.45, 2.75) is 19.8 Å². The first-order valence-electron chi connectivity index (χ1n) is 7.13. The Kier molecular flexibility index (Phi) is 3.76. The zero-order valence-corrected chi connectivity index (χ0v) is 13.0. The van der Waals surface area contributed by atoms with E-state index in [2.05, 4.69) is 71.9 Å². The summed E-state index contributed by atoms with van der Waals surface area (Å²) < 4.78 is 2.88. The van der Waals surface area contributed by atoms with Gasteiger partial charge in [-0.1, -0.05) is 62.4 Å². The van der Waals surface area contributed by atoms with Crippen LogP contribution in [0, 0.1) is 4.77 Å². The molecule has 0 saturated carbocycles. The van der Waals surface area contributed by atoms with Crippen LogP contribution < -0.4 is 0 Å². The van der Waals surface area contributed by atoms with Gasteiger partial charge in [0, 0.05) is 17.5 Å². The zero-order chi connectivity index (χ0) is 14.8. The van der Waals surface area contributed by atoms with E-state index >= 15 is 0 Å². The molecule has 0 aliphatic heterocycles. The summed E-state index contributed by atoms with van der Waals surface area (Å²) in [6, 6.07) is 18.8. The summed E-state index contributed by atoms with van der Waals surface area (Å²) in [6.07, 6.45) is 2.01. The van der Waals surface area contributed by atoms with Gasteiger partial charge in [-0.15, -0.1) is 0 Å². The second kappa shape index (κ2) is 5.70. The van der Waals surface area contributed by atoms with Crippen molar-refractivity contribution < 1.29 is 0 Å². The van der Waals surface area contributed by atoms with E-state index in [0.717, 1.165) is 10.5 Å². The standard InChI is InChI=1S/C18H18N2S/c1-13(2)17-12-19-18(21)20(17)16-11-7-6-10-15(16)14-8-4-3-5-9-14/h3-13H,1-2H3,(H,19,21). The van der Waals surface area contributed by atoms with Crippen molar-refractivity contribution in [2.75, 3.05) is 0 Å². The second-order valence-electron chi connectivity index (χ2n) is 5.39. The van der Waals surface area contributed by atoms with E-state index in [4.69, 9.17) is 12.2 Å². The average Bonchev–Trinajstić information content (AvgIpc) is 2.90. The summed E-state index contributed by atoms with van der Waals surface area (Å²) in [7, 11) is 0. The number of hydrogen-bond acceptors (Lipinski definition) is 1. The molecule has 0 unspecified atom stereocenters. The number of H-pyrrole nitrogens is 1. The number of para-hydroxylation sites is 1. The molecule has 0 radical (unpaired) electrons. The maximum atomic E-state index is 5.49. The molecular formula is C18H18N2S. The Labute approximate surface area is 130 Å². The molecule has 0 fully saturated rings. The van der Waals surface area contributed by atoms with Crippen molar-refractivity contribution in [3.05, 3.63) is 71.3 Å². The van der Waals surface area contributed by atoms with Crippen molar-refractivity contribution in [1.29, 1.82) is 0 Å². The highest BCUT2D eigenvalue weighted by atomic mass is 32.1. The molecule has 2 aromatic carbocycles. The van der Waals surface area contributed by atoms with Gasteiger partial charge in [-0.05, 0) is 29.8 Å². The van der Waals surface area contributed by atoms with E-state index in [0.29, 0.717) is 5.92 Å². The quantitative estimate of drug-likeness (QED) is 0.648. The van der Waals surface area contributed by atoms with E-state index in [1.165, 1.54) is 16.8 Å². The van der Waals surface area contributed by atoms with Gasteiger partial charge in [0.2, 0.25) is 0 Å². The van der Waals surface area contributed by atoms with Crippen molar-refractivity contribution in [3.8, 4) is 16.8 Å². The minimum Gasteiger partial charge on any atom is -0.337 e. The van der Waals surface area contributed by atoms with Crippen LogP contribution in [0.4, 0.5) is 0 Å². The Morgan fingerprint density at radius 2 is 1.62 bits per heavy atom. The van der Waals surface area contributed by atoms with Crippen molar-refractivity contribution in [1.82, 2.24) is 9.55 Å². The van der Waals surface area contributed by atoms with Crippen molar-refractivity contribution >= 4 is 12.2 Å². The fourth-order valence-electron chi connectivity index (χ4n) is 2.59. The van der Waals surface area contributed by atoms with E-state index in [1.807, 2.05) is 12.3 Å². The van der Waals surface area contributed by atoms with Crippen LogP contribution in [0.2, 0.25) is 0 Å². The molecule has 0 atom stereocenters. The van der Waals surface area contributed by atoms with Crippen molar-refractivity contribution in [2.24, 2.45) is 0 Å². The van der Waals surface area contributed by atoms with Crippen molar-refractivity contribution in [3.63, 3.8) is 0 Å². The van der Waals surface area contributed by atoms with E-state index < -0.39 is 0 Å². The molecule has 0 amide bonds. The fourth-order valence-corrected chi connectivity index (χ4v) is 2.85. The first-order valence-corrected chi connectivity index (χ1v) is 7.54. The Hall–Kier alpha value is -2.13. The SMILES string of the molecule is CC(C)c1c[nH]c(=S)n1-c1ccccc1-c1ccccc1. The number of aromatic amines is 1. The molecular weight excluding hydrogens is 276 g/mol. The lowest BCUT2D eigenvalue weighted by atomic mass is 10.0. The first-order chi connectivity index (χ1) is 10.2. The number of hydrogen-bond donors (Lipinski definition) is 1. The Morgan fingerprint density at radius 3 is 2.33 bits per heavy atom. The topological polar surface area (TPSA) is 20.7 Å². The summed E-state index contributed by atoms with van der Waals surface area (Å²) >= 11 is 5.49. The molecule has 21 heavy (non-hydrogen) atoms. The fraction of sp³-hybridized carbons (Fsp3) is 0.167. The zero-order valence-electron chi connectivity index (χ0n) is 12.2. The Morgan fingerprint density at radius 1 is 0.952 bits per heavy atom. The molecule has 106 valence electrons. The Balaban J connectivity index is 2.26. The Bertz CT molecular complexity index is 797. The van der Waals surface area contributed by atoms with E-state index in [9.17, 15) is 0 Å². The van der Waals surface area contributed by atoms with E-state index in [1.54, 1.807) is 0 Å². The maximum absolute atomic E-state index is 5.49. The van der Waals surface area contributed by atoms with Crippen LogP contribution in [0.15, 0.2) is 60.8 Å². The smallest absolute Gasteiger partial charge is 0.182 e. The predicted octanol–water partition coefficient (Wildman–Crippen LogP) is 5.33. The number of benzene rings is 2. The third-order valence-corrected chi connectivity index (χ3v) is 3.93. The van der Waals surface area contributed by atoms with Gasteiger partial charge in [-0.2, -0.15) is 0 Å². The molecule has 1 N–H and O–H groups in total. The summed E-state index contributed by atoms with van der Waals surface area (Å²) in [4.78, 5) is 3.17. The van der Waals surface area contributed by atoms with Gasteiger partial charge in [0.25, 0.3) is 0 Å². The molecule has 0 aliphatic carbocycles. The number of imidazole rings is 1. The van der Waals surface area contributed by atoms with Gasteiger partial charge in [-0.3, -0.25) is 4.57 Å². The molecule has 2 nitrogen and oxygen atoms in total. The molecule has 3 rings (SSSR count). The van der Waals surface area contributed by atoms with Gasteiger partial charge in [0.05, 0.1) is 5.69 Å². The maximum Gasteiger partial charge on any atom is 0.182 e. The van der Waals surface area contributed by atoms with E-state index in [-0.39, 0.29) is 0 Å². The highest BCUT2D eigenvalue weighted by molar-refractivity contribution is 7.71. The molecule has 3 heteroatoms. The highest BCUT2D eigenvalue weighted by Crippen LogP contribution is 2.29. The molecule has 1 heterocycles. The van der Waals surface area contributed by atoms with Gasteiger partial charge in [0.15, 0.2) is 4.77 Å². The van der Waals surface area contributed by atoms with Crippen LogP contribution in [0.1, 0.15) is 25.5 Å². The van der Waals surface area contributed by atoms with Crippen LogP contribution in [-0.2, 0) is 0 Å². The minimum absolute atomic E-state index is 0.404. The third-order valence-electron chi connectivity index (χ3n) is 3.63. The van der Waals surface area contributed by atoms with Gasteiger partial charge in [0.1, 0.15) is 0 Å². The lowest BCUT2D eigenvalue weighted by molar-refractivity contribution is 0.784. The molecule has 1 aromatic heterocycles. The largest absolute Gasteiger partial charge is 0.337 e. The minimum atomic E-state index is 0.404. The van der Waals surface area contributed by atoms with Crippen LogP contribution in [0.3, 0.4) is 0 Å². The second-order valence-corrected chi connectivity index (χ2v) is 5.78. The number of rotatable bonds is 3. The van der Waals surface area contributed by atoms with Crippen LogP contribution >= 0.6 is 12.2 Å². The lowest BCUT2D eigenvalue weighted by Gasteiger charge is -2.15. The molecule has 0 bridgehead atoms. The molecule has 0 saturated heterocycles. The summed E-state index contributed by atoms with van der Waals surface area (Å²) in [5, 5.41) is 0.